The number of benzene rings is 2. The van der Waals surface area contributed by atoms with Gasteiger partial charge in [0.15, 0.2) is 0 Å². The molecule has 0 fully saturated rings. The van der Waals surface area contributed by atoms with Crippen LogP contribution in [0.1, 0.15) is 56.3 Å². The van der Waals surface area contributed by atoms with Gasteiger partial charge in [0.25, 0.3) is 0 Å². The first-order chi connectivity index (χ1) is 13.3. The van der Waals surface area contributed by atoms with Crippen LogP contribution in [0.3, 0.4) is 0 Å². The molecule has 0 heterocycles. The van der Waals surface area contributed by atoms with Crippen LogP contribution in [0.2, 0.25) is 0 Å². The molecular weight excluding hydrogens is 434 g/mol. The molecule has 2 aliphatic rings. The zero-order valence-electron chi connectivity index (χ0n) is 17.8. The zero-order valence-corrected chi connectivity index (χ0v) is 21.2. The summed E-state index contributed by atoms with van der Waals surface area (Å²) in [5.41, 5.74) is 9.74. The third-order valence-corrected chi connectivity index (χ3v) is 14.0. The molecule has 142 valence electrons. The molecule has 2 aliphatic carbocycles. The SMILES string of the molecule is CC1=C(C)C(C)(C)[C]([Zr][CH]2C(C)=C(Pc3ccccc3)c3ccccc32)=C1C. The normalized spacial score (nSPS) is 21.3. The molecule has 0 saturated heterocycles. The van der Waals surface area contributed by atoms with E-state index in [9.17, 15) is 0 Å². The summed E-state index contributed by atoms with van der Waals surface area (Å²) in [5, 5.41) is 3.05. The number of hydrogen-bond acceptors (Lipinski definition) is 0. The van der Waals surface area contributed by atoms with Crippen LogP contribution in [-0.2, 0) is 23.2 Å². The summed E-state index contributed by atoms with van der Waals surface area (Å²) in [4.78, 5) is 0. The maximum absolute atomic E-state index is 2.45. The van der Waals surface area contributed by atoms with Crippen molar-refractivity contribution >= 4 is 19.2 Å². The van der Waals surface area contributed by atoms with Crippen LogP contribution in [0, 0.1) is 5.41 Å². The molecule has 28 heavy (non-hydrogen) atoms. The average Bonchev–Trinajstić information content (AvgIpc) is 3.03. The minimum atomic E-state index is -0.798. The monoisotopic (exact) mass is 462 g/mol. The van der Waals surface area contributed by atoms with Crippen LogP contribution < -0.4 is 5.30 Å². The number of rotatable bonds is 4. The predicted molar refractivity (Wildman–Crippen MR) is 121 cm³/mol. The van der Waals surface area contributed by atoms with Gasteiger partial charge >= 0.3 is 184 Å². The molecule has 2 aromatic carbocycles. The Hall–Kier alpha value is -1.03. The second kappa shape index (κ2) is 7.66. The van der Waals surface area contributed by atoms with Crippen LogP contribution in [0.15, 0.2) is 80.2 Å². The topological polar surface area (TPSA) is 0 Å². The van der Waals surface area contributed by atoms with E-state index in [0.717, 1.165) is 8.58 Å². The minimum absolute atomic E-state index is 0.250. The summed E-state index contributed by atoms with van der Waals surface area (Å²) < 4.78 is 2.48. The van der Waals surface area contributed by atoms with E-state index in [0.29, 0.717) is 3.63 Å². The van der Waals surface area contributed by atoms with Crippen LogP contribution in [0.25, 0.3) is 5.31 Å². The predicted octanol–water partition coefficient (Wildman–Crippen LogP) is 7.21. The van der Waals surface area contributed by atoms with E-state index in [1.807, 2.05) is 0 Å². The Bertz CT molecular complexity index is 1020. The van der Waals surface area contributed by atoms with Crippen molar-refractivity contribution < 1.29 is 23.2 Å². The molecule has 0 amide bonds. The Balaban J connectivity index is 1.74. The molecule has 0 aliphatic heterocycles. The van der Waals surface area contributed by atoms with Gasteiger partial charge in [0.2, 0.25) is 0 Å². The van der Waals surface area contributed by atoms with Gasteiger partial charge in [-0.3, -0.25) is 0 Å². The molecule has 2 atom stereocenters. The molecular formula is C26H29PZr. The second-order valence-corrected chi connectivity index (χ2v) is 13.3. The Kier molecular flexibility index (Phi) is 5.54. The number of fused-ring (bicyclic) bond motifs is 1. The van der Waals surface area contributed by atoms with Gasteiger partial charge in [-0.25, -0.2) is 0 Å². The molecule has 2 unspecified atom stereocenters. The van der Waals surface area contributed by atoms with Crippen molar-refractivity contribution in [2.45, 2.75) is 45.2 Å². The van der Waals surface area contributed by atoms with Crippen LogP contribution in [0.4, 0.5) is 0 Å². The van der Waals surface area contributed by atoms with Gasteiger partial charge in [-0.05, 0) is 0 Å². The van der Waals surface area contributed by atoms with E-state index < -0.39 is 23.2 Å². The van der Waals surface area contributed by atoms with Gasteiger partial charge in [0.05, 0.1) is 0 Å². The summed E-state index contributed by atoms with van der Waals surface area (Å²) in [6, 6.07) is 20.2. The molecule has 0 nitrogen and oxygen atoms in total. The first kappa shape index (κ1) is 20.3. The Morgan fingerprint density at radius 2 is 1.46 bits per heavy atom. The van der Waals surface area contributed by atoms with E-state index in [1.54, 1.807) is 36.5 Å². The molecule has 2 aromatic rings. The summed E-state index contributed by atoms with van der Waals surface area (Å²) in [6.45, 7) is 14.4. The molecule has 0 bridgehead atoms. The van der Waals surface area contributed by atoms with Gasteiger partial charge in [-0.2, -0.15) is 0 Å². The molecule has 0 spiro atoms. The van der Waals surface area contributed by atoms with Gasteiger partial charge < -0.3 is 0 Å². The van der Waals surface area contributed by atoms with Crippen LogP contribution in [0.5, 0.6) is 0 Å². The molecule has 0 aromatic heterocycles. The maximum atomic E-state index is 2.45. The van der Waals surface area contributed by atoms with E-state index in [2.05, 4.69) is 96.1 Å². The van der Waals surface area contributed by atoms with E-state index in [4.69, 9.17) is 0 Å². The summed E-state index contributed by atoms with van der Waals surface area (Å²) in [5.74, 6) is 0. The summed E-state index contributed by atoms with van der Waals surface area (Å²) >= 11 is -0.798. The van der Waals surface area contributed by atoms with Crippen molar-refractivity contribution in [3.05, 3.63) is 91.3 Å². The Morgan fingerprint density at radius 3 is 2.11 bits per heavy atom. The van der Waals surface area contributed by atoms with Crippen molar-refractivity contribution in [2.24, 2.45) is 5.41 Å². The van der Waals surface area contributed by atoms with Crippen molar-refractivity contribution in [3.8, 4) is 0 Å². The molecule has 4 rings (SSSR count). The van der Waals surface area contributed by atoms with Gasteiger partial charge in [0.1, 0.15) is 0 Å². The van der Waals surface area contributed by atoms with Crippen molar-refractivity contribution in [1.29, 1.82) is 0 Å². The van der Waals surface area contributed by atoms with Gasteiger partial charge in [-0.1, -0.05) is 0 Å². The Morgan fingerprint density at radius 1 is 0.821 bits per heavy atom. The Labute approximate surface area is 183 Å². The van der Waals surface area contributed by atoms with Crippen LogP contribution >= 0.6 is 8.58 Å². The van der Waals surface area contributed by atoms with Crippen molar-refractivity contribution in [2.75, 3.05) is 0 Å². The van der Waals surface area contributed by atoms with E-state index >= 15 is 0 Å². The number of allylic oxidation sites excluding steroid dienone is 5. The van der Waals surface area contributed by atoms with Gasteiger partial charge in [0, 0.05) is 0 Å². The van der Waals surface area contributed by atoms with Crippen molar-refractivity contribution in [3.63, 3.8) is 0 Å². The zero-order chi connectivity index (χ0) is 20.1. The number of hydrogen-bond donors (Lipinski definition) is 0. The van der Waals surface area contributed by atoms with Crippen molar-refractivity contribution in [1.82, 2.24) is 0 Å². The molecule has 0 saturated carbocycles. The van der Waals surface area contributed by atoms with Crippen LogP contribution in [-0.4, -0.2) is 0 Å². The third kappa shape index (κ3) is 3.30. The first-order valence-electron chi connectivity index (χ1n) is 10.1. The third-order valence-electron chi connectivity index (χ3n) is 6.76. The first-order valence-corrected chi connectivity index (χ1v) is 13.8. The fraction of sp³-hybridized carbons (Fsp3) is 0.308. The average molecular weight is 464 g/mol. The summed E-state index contributed by atoms with van der Waals surface area (Å²) in [7, 11) is 0.755. The van der Waals surface area contributed by atoms with Gasteiger partial charge in [-0.15, -0.1) is 0 Å². The molecule has 2 heteroatoms. The standard InChI is InChI=1S/C16H14P.C10H15.Zr/c1-12-11-13-7-5-6-10-15(13)16(12)17-14-8-3-2-4-9-14;1-7-6-10(4,5)9(3)8(7)2;/h2-11,17H,1H3;1-5H3;. The fourth-order valence-corrected chi connectivity index (χ4v) is 11.3. The van der Waals surface area contributed by atoms with E-state index in [1.165, 1.54) is 10.9 Å². The van der Waals surface area contributed by atoms with E-state index in [-0.39, 0.29) is 5.41 Å². The molecule has 0 radical (unpaired) electrons. The second-order valence-electron chi connectivity index (χ2n) is 8.59. The fourth-order valence-electron chi connectivity index (χ4n) is 4.61. The summed E-state index contributed by atoms with van der Waals surface area (Å²) in [6.07, 6.45) is 0. The quantitative estimate of drug-likeness (QED) is 0.420. The molecule has 0 N–H and O–H groups in total.